The molecule has 3 heteroatoms. The molecule has 0 radical (unpaired) electrons. The van der Waals surface area contributed by atoms with E-state index in [4.69, 9.17) is 9.47 Å². The summed E-state index contributed by atoms with van der Waals surface area (Å²) < 4.78 is 10.3. The predicted octanol–water partition coefficient (Wildman–Crippen LogP) is 2.87. The van der Waals surface area contributed by atoms with Crippen LogP contribution in [0.15, 0.2) is 42.5 Å². The average Bonchev–Trinajstić information content (AvgIpc) is 2.45. The van der Waals surface area contributed by atoms with Crippen molar-refractivity contribution in [3.8, 4) is 0 Å². The van der Waals surface area contributed by atoms with Gasteiger partial charge in [0.05, 0.1) is 7.11 Å². The highest BCUT2D eigenvalue weighted by Crippen LogP contribution is 2.32. The number of fused-ring (bicyclic) bond motifs is 1. The molecule has 2 aromatic rings. The summed E-state index contributed by atoms with van der Waals surface area (Å²) in [4.78, 5) is 12.0. The largest absolute Gasteiger partial charge is 0.467 e. The van der Waals surface area contributed by atoms with Gasteiger partial charge in [-0.25, -0.2) is 4.79 Å². The maximum absolute atomic E-state index is 12.0. The van der Waals surface area contributed by atoms with Crippen LogP contribution in [0.1, 0.15) is 12.5 Å². The first-order valence-electron chi connectivity index (χ1n) is 5.75. The van der Waals surface area contributed by atoms with Gasteiger partial charge in [-0.15, -0.1) is 0 Å². The summed E-state index contributed by atoms with van der Waals surface area (Å²) in [6.07, 6.45) is 0. The second kappa shape index (κ2) is 4.78. The molecule has 2 aromatic carbocycles. The SMILES string of the molecule is COC(=O)[C@@](C)(OC)c1cccc2ccccc12. The molecule has 0 unspecified atom stereocenters. The summed E-state index contributed by atoms with van der Waals surface area (Å²) in [5.41, 5.74) is -0.273. The van der Waals surface area contributed by atoms with Crippen molar-refractivity contribution in [2.24, 2.45) is 0 Å². The van der Waals surface area contributed by atoms with Crippen LogP contribution in [0.2, 0.25) is 0 Å². The van der Waals surface area contributed by atoms with Crippen molar-refractivity contribution >= 4 is 16.7 Å². The molecule has 0 fully saturated rings. The average molecular weight is 244 g/mol. The van der Waals surface area contributed by atoms with Gasteiger partial charge in [-0.2, -0.15) is 0 Å². The number of benzene rings is 2. The predicted molar refractivity (Wildman–Crippen MR) is 70.3 cm³/mol. The third-order valence-electron chi connectivity index (χ3n) is 3.29. The van der Waals surface area contributed by atoms with E-state index >= 15 is 0 Å². The molecule has 18 heavy (non-hydrogen) atoms. The van der Waals surface area contributed by atoms with E-state index in [0.717, 1.165) is 16.3 Å². The van der Waals surface area contributed by atoms with Crippen molar-refractivity contribution in [2.75, 3.05) is 14.2 Å². The van der Waals surface area contributed by atoms with E-state index in [9.17, 15) is 4.79 Å². The molecule has 0 saturated heterocycles. The summed E-state index contributed by atoms with van der Waals surface area (Å²) >= 11 is 0. The first-order chi connectivity index (χ1) is 8.63. The smallest absolute Gasteiger partial charge is 0.342 e. The maximum Gasteiger partial charge on any atom is 0.342 e. The van der Waals surface area contributed by atoms with E-state index in [1.165, 1.54) is 14.2 Å². The highest BCUT2D eigenvalue weighted by molar-refractivity contribution is 5.92. The second-order valence-corrected chi connectivity index (χ2v) is 4.26. The molecule has 1 atom stereocenters. The lowest BCUT2D eigenvalue weighted by molar-refractivity contribution is -0.165. The van der Waals surface area contributed by atoms with Crippen molar-refractivity contribution in [1.29, 1.82) is 0 Å². The molecule has 0 bridgehead atoms. The molecule has 0 amide bonds. The summed E-state index contributed by atoms with van der Waals surface area (Å²) in [6, 6.07) is 13.7. The fraction of sp³-hybridized carbons (Fsp3) is 0.267. The lowest BCUT2D eigenvalue weighted by Gasteiger charge is -2.26. The first-order valence-corrected chi connectivity index (χ1v) is 5.75. The zero-order valence-corrected chi connectivity index (χ0v) is 10.8. The zero-order valence-electron chi connectivity index (χ0n) is 10.8. The van der Waals surface area contributed by atoms with Gasteiger partial charge in [-0.3, -0.25) is 0 Å². The Kier molecular flexibility index (Phi) is 3.34. The Morgan fingerprint density at radius 3 is 2.39 bits per heavy atom. The van der Waals surface area contributed by atoms with Gasteiger partial charge in [0, 0.05) is 12.7 Å². The molecule has 0 aromatic heterocycles. The van der Waals surface area contributed by atoms with E-state index < -0.39 is 11.6 Å². The van der Waals surface area contributed by atoms with Gasteiger partial charge in [0.25, 0.3) is 0 Å². The van der Waals surface area contributed by atoms with Crippen molar-refractivity contribution in [2.45, 2.75) is 12.5 Å². The summed E-state index contributed by atoms with van der Waals surface area (Å²) in [6.45, 7) is 1.72. The third kappa shape index (κ3) is 1.87. The minimum Gasteiger partial charge on any atom is -0.467 e. The number of methoxy groups -OCH3 is 2. The number of hydrogen-bond acceptors (Lipinski definition) is 3. The van der Waals surface area contributed by atoms with Crippen LogP contribution in [0.3, 0.4) is 0 Å². The molecule has 0 aliphatic heterocycles. The van der Waals surface area contributed by atoms with E-state index in [-0.39, 0.29) is 0 Å². The van der Waals surface area contributed by atoms with Gasteiger partial charge >= 0.3 is 5.97 Å². The van der Waals surface area contributed by atoms with E-state index in [2.05, 4.69) is 0 Å². The number of ether oxygens (including phenoxy) is 2. The van der Waals surface area contributed by atoms with Gasteiger partial charge < -0.3 is 9.47 Å². The van der Waals surface area contributed by atoms with Gasteiger partial charge in [0.1, 0.15) is 0 Å². The van der Waals surface area contributed by atoms with Crippen molar-refractivity contribution in [1.82, 2.24) is 0 Å². The standard InChI is InChI=1S/C15H16O3/c1-15(18-3,14(16)17-2)13-10-6-8-11-7-4-5-9-12(11)13/h4-10H,1-3H3/t15-/m0/s1. The Bertz CT molecular complexity index is 571. The highest BCUT2D eigenvalue weighted by Gasteiger charge is 2.37. The molecule has 0 heterocycles. The van der Waals surface area contributed by atoms with Gasteiger partial charge in [0.15, 0.2) is 5.60 Å². The molecule has 0 aliphatic rings. The molecule has 3 nitrogen and oxygen atoms in total. The molecular weight excluding hydrogens is 228 g/mol. The molecule has 2 rings (SSSR count). The van der Waals surface area contributed by atoms with Crippen LogP contribution in [-0.2, 0) is 19.9 Å². The maximum atomic E-state index is 12.0. The molecule has 0 saturated carbocycles. The summed E-state index contributed by atoms with van der Waals surface area (Å²) in [7, 11) is 2.88. The van der Waals surface area contributed by atoms with Crippen LogP contribution >= 0.6 is 0 Å². The van der Waals surface area contributed by atoms with Crippen LogP contribution in [0.5, 0.6) is 0 Å². The van der Waals surface area contributed by atoms with Crippen molar-refractivity contribution < 1.29 is 14.3 Å². The summed E-state index contributed by atoms with van der Waals surface area (Å²) in [5.74, 6) is -0.402. The molecule has 0 spiro atoms. The van der Waals surface area contributed by atoms with Gasteiger partial charge in [0.2, 0.25) is 0 Å². The number of hydrogen-bond donors (Lipinski definition) is 0. The lowest BCUT2D eigenvalue weighted by Crippen LogP contribution is -2.35. The van der Waals surface area contributed by atoms with Gasteiger partial charge in [-0.05, 0) is 17.7 Å². The minimum atomic E-state index is -1.09. The minimum absolute atomic E-state index is 0.402. The quantitative estimate of drug-likeness (QED) is 0.779. The third-order valence-corrected chi connectivity index (χ3v) is 3.29. The van der Waals surface area contributed by atoms with Crippen LogP contribution < -0.4 is 0 Å². The second-order valence-electron chi connectivity index (χ2n) is 4.26. The molecule has 94 valence electrons. The van der Waals surface area contributed by atoms with Crippen molar-refractivity contribution in [3.05, 3.63) is 48.0 Å². The number of rotatable bonds is 3. The normalized spacial score (nSPS) is 14.2. The Morgan fingerprint density at radius 1 is 1.06 bits per heavy atom. The van der Waals surface area contributed by atoms with E-state index in [1.54, 1.807) is 6.92 Å². The summed E-state index contributed by atoms with van der Waals surface area (Å²) in [5, 5.41) is 2.07. The van der Waals surface area contributed by atoms with Crippen LogP contribution in [-0.4, -0.2) is 20.2 Å². The fourth-order valence-corrected chi connectivity index (χ4v) is 2.14. The Hall–Kier alpha value is -1.87. The van der Waals surface area contributed by atoms with E-state index in [1.807, 2.05) is 42.5 Å². The molecule has 0 N–H and O–H groups in total. The number of esters is 1. The topological polar surface area (TPSA) is 35.5 Å². The monoisotopic (exact) mass is 244 g/mol. The molecular formula is C15H16O3. The molecule has 0 aliphatic carbocycles. The van der Waals surface area contributed by atoms with Crippen molar-refractivity contribution in [3.63, 3.8) is 0 Å². The Morgan fingerprint density at radius 2 is 1.72 bits per heavy atom. The first kappa shape index (κ1) is 12.6. The number of carbonyl (C=O) groups is 1. The highest BCUT2D eigenvalue weighted by atomic mass is 16.6. The fourth-order valence-electron chi connectivity index (χ4n) is 2.14. The van der Waals surface area contributed by atoms with Crippen LogP contribution in [0.25, 0.3) is 10.8 Å². The van der Waals surface area contributed by atoms with Crippen LogP contribution in [0.4, 0.5) is 0 Å². The lowest BCUT2D eigenvalue weighted by atomic mass is 9.90. The van der Waals surface area contributed by atoms with E-state index in [0.29, 0.717) is 0 Å². The Labute approximate surface area is 106 Å². The zero-order chi connectivity index (χ0) is 13.2. The number of carbonyl (C=O) groups excluding carboxylic acids is 1. The Balaban J connectivity index is 2.69. The van der Waals surface area contributed by atoms with Crippen LogP contribution in [0, 0.1) is 0 Å². The van der Waals surface area contributed by atoms with Gasteiger partial charge in [-0.1, -0.05) is 42.5 Å².